The second-order valence-corrected chi connectivity index (χ2v) is 14.8. The molecule has 3 aromatic carbocycles. The van der Waals surface area contributed by atoms with E-state index in [9.17, 15) is 19.5 Å². The van der Waals surface area contributed by atoms with Crippen molar-refractivity contribution in [2.24, 2.45) is 0 Å². The molecule has 3 N–H and O–H groups in total. The van der Waals surface area contributed by atoms with Gasteiger partial charge in [-0.1, -0.05) is 102 Å². The van der Waals surface area contributed by atoms with Crippen LogP contribution >= 0.6 is 0 Å². The molecule has 0 aliphatic carbocycles. The fourth-order valence-electron chi connectivity index (χ4n) is 6.17. The van der Waals surface area contributed by atoms with Crippen LogP contribution in [0, 0.1) is 13.8 Å². The molecule has 11 heteroatoms. The lowest BCUT2D eigenvalue weighted by Crippen LogP contribution is -2.50. The second-order valence-electron chi connectivity index (χ2n) is 14.8. The molecule has 55 heavy (non-hydrogen) atoms. The number of carboxylic acid groups (broad SMARTS) is 1. The number of aliphatic carboxylic acids is 1. The number of oxazole rings is 1. The third kappa shape index (κ3) is 11.1. The van der Waals surface area contributed by atoms with Gasteiger partial charge >= 0.3 is 5.97 Å². The Kier molecular flexibility index (Phi) is 13.5. The van der Waals surface area contributed by atoms with Crippen molar-refractivity contribution in [2.45, 2.75) is 97.6 Å². The number of aromatic nitrogens is 3. The Bertz CT molecular complexity index is 2030. The lowest BCUT2D eigenvalue weighted by molar-refractivity contribution is -0.142. The maximum atomic E-state index is 13.8. The first kappa shape index (κ1) is 40.3. The molecule has 0 saturated heterocycles. The number of aryl methyl sites for hydroxylation is 2. The van der Waals surface area contributed by atoms with E-state index in [4.69, 9.17) is 9.15 Å². The predicted octanol–water partition coefficient (Wildman–Crippen LogP) is 8.35. The van der Waals surface area contributed by atoms with Gasteiger partial charge in [0.2, 0.25) is 5.91 Å². The minimum Gasteiger partial charge on any atom is -0.494 e. The van der Waals surface area contributed by atoms with Gasteiger partial charge in [-0.15, -0.1) is 0 Å². The molecule has 2 unspecified atom stereocenters. The van der Waals surface area contributed by atoms with Gasteiger partial charge in [0.15, 0.2) is 17.8 Å². The minimum atomic E-state index is -1.48. The Labute approximate surface area is 323 Å². The quantitative estimate of drug-likeness (QED) is 0.0796. The summed E-state index contributed by atoms with van der Waals surface area (Å²) < 4.78 is 11.3. The average molecular weight is 746 g/mol. The summed E-state index contributed by atoms with van der Waals surface area (Å²) in [5.74, 6) is -0.532. The molecule has 5 rings (SSSR count). The van der Waals surface area contributed by atoms with Crippen molar-refractivity contribution in [1.82, 2.24) is 25.6 Å². The number of hydrogen-bond donors (Lipinski definition) is 3. The standard InChI is InChI=1S/C44H51N5O6/c1-7-8-9-10-11-24-54-36-22-18-31(19-23-36)34-26-45-40(46-27-34)32-14-12-30(13-15-32)25-37(48-41(50)33-16-20-35(21-17-33)44(4,5)6)42(51)49-39(43(52)53)38-28(2)55-29(3)47-38/h12-23,26-27,37,39H,7-11,24-25H2,1-6H3,(H,48,50)(H,49,51)(H,52,53). The summed E-state index contributed by atoms with van der Waals surface area (Å²) in [5, 5.41) is 15.4. The lowest BCUT2D eigenvalue weighted by Gasteiger charge is -2.22. The van der Waals surface area contributed by atoms with Crippen molar-refractivity contribution in [3.05, 3.63) is 119 Å². The summed E-state index contributed by atoms with van der Waals surface area (Å²) in [7, 11) is 0. The number of carboxylic acids is 1. The van der Waals surface area contributed by atoms with Crippen molar-refractivity contribution < 1.29 is 28.6 Å². The molecule has 0 saturated carbocycles. The number of amides is 2. The van der Waals surface area contributed by atoms with Crippen LogP contribution in [0.25, 0.3) is 22.5 Å². The molecular formula is C44H51N5O6. The zero-order valence-electron chi connectivity index (χ0n) is 32.5. The first-order chi connectivity index (χ1) is 26.3. The topological polar surface area (TPSA) is 157 Å². The van der Waals surface area contributed by atoms with E-state index in [1.807, 2.05) is 60.7 Å². The van der Waals surface area contributed by atoms with E-state index in [1.165, 1.54) is 25.7 Å². The lowest BCUT2D eigenvalue weighted by atomic mass is 9.86. The van der Waals surface area contributed by atoms with Gasteiger partial charge in [0.05, 0.1) is 6.61 Å². The SMILES string of the molecule is CCCCCCCOc1ccc(-c2cnc(-c3ccc(CC(NC(=O)c4ccc(C(C)(C)C)cc4)C(=O)NC(C(=O)O)c4nc(C)oc4C)cc3)nc2)cc1. The minimum absolute atomic E-state index is 0.0828. The Morgan fingerprint density at radius 2 is 1.44 bits per heavy atom. The van der Waals surface area contributed by atoms with E-state index in [1.54, 1.807) is 38.4 Å². The molecule has 2 atom stereocenters. The Balaban J connectivity index is 1.28. The van der Waals surface area contributed by atoms with Crippen molar-refractivity contribution >= 4 is 17.8 Å². The fourth-order valence-corrected chi connectivity index (χ4v) is 6.17. The summed E-state index contributed by atoms with van der Waals surface area (Å²) in [6.07, 6.45) is 9.61. The van der Waals surface area contributed by atoms with Crippen LogP contribution < -0.4 is 15.4 Å². The highest BCUT2D eigenvalue weighted by molar-refractivity contribution is 5.98. The highest BCUT2D eigenvalue weighted by Gasteiger charge is 2.31. The van der Waals surface area contributed by atoms with Crippen LogP contribution in [0.15, 0.2) is 89.6 Å². The molecule has 2 heterocycles. The normalized spacial score (nSPS) is 12.5. The number of unbranched alkanes of at least 4 members (excludes halogenated alkanes) is 4. The number of rotatable bonds is 17. The molecule has 2 amide bonds. The molecule has 0 radical (unpaired) electrons. The zero-order valence-corrected chi connectivity index (χ0v) is 32.5. The fraction of sp³-hybridized carbons (Fsp3) is 0.364. The maximum absolute atomic E-state index is 13.8. The summed E-state index contributed by atoms with van der Waals surface area (Å²) in [4.78, 5) is 52.9. The number of hydrogen-bond acceptors (Lipinski definition) is 8. The van der Waals surface area contributed by atoms with Gasteiger partial charge in [-0.25, -0.2) is 19.7 Å². The third-order valence-corrected chi connectivity index (χ3v) is 9.39. The van der Waals surface area contributed by atoms with Crippen LogP contribution in [0.2, 0.25) is 0 Å². The van der Waals surface area contributed by atoms with Gasteiger partial charge in [-0.2, -0.15) is 0 Å². The summed E-state index contributed by atoms with van der Waals surface area (Å²) >= 11 is 0. The molecule has 0 aliphatic rings. The first-order valence-electron chi connectivity index (χ1n) is 18.9. The molecule has 0 spiro atoms. The van der Waals surface area contributed by atoms with Crippen LogP contribution in [-0.2, 0) is 21.4 Å². The van der Waals surface area contributed by atoms with Crippen molar-refractivity contribution in [3.63, 3.8) is 0 Å². The van der Waals surface area contributed by atoms with Gasteiger partial charge in [0.1, 0.15) is 23.2 Å². The average Bonchev–Trinajstić information content (AvgIpc) is 3.51. The van der Waals surface area contributed by atoms with Crippen LogP contribution in [0.1, 0.15) is 105 Å². The largest absolute Gasteiger partial charge is 0.494 e. The monoisotopic (exact) mass is 745 g/mol. The molecule has 5 aromatic rings. The summed E-state index contributed by atoms with van der Waals surface area (Å²) in [6, 6.07) is 19.9. The maximum Gasteiger partial charge on any atom is 0.332 e. The highest BCUT2D eigenvalue weighted by Crippen LogP contribution is 2.25. The van der Waals surface area contributed by atoms with Crippen LogP contribution in [-0.4, -0.2) is 50.5 Å². The zero-order chi connectivity index (χ0) is 39.5. The second kappa shape index (κ2) is 18.5. The van der Waals surface area contributed by atoms with Gasteiger partial charge in [-0.3, -0.25) is 9.59 Å². The van der Waals surface area contributed by atoms with Gasteiger partial charge in [0, 0.05) is 42.4 Å². The van der Waals surface area contributed by atoms with Crippen molar-refractivity contribution in [2.75, 3.05) is 6.61 Å². The Morgan fingerprint density at radius 1 is 0.800 bits per heavy atom. The van der Waals surface area contributed by atoms with Crippen LogP contribution in [0.5, 0.6) is 5.75 Å². The van der Waals surface area contributed by atoms with E-state index in [2.05, 4.69) is 53.3 Å². The van der Waals surface area contributed by atoms with E-state index >= 15 is 0 Å². The third-order valence-electron chi connectivity index (χ3n) is 9.39. The molecule has 11 nitrogen and oxygen atoms in total. The number of benzene rings is 3. The molecule has 0 bridgehead atoms. The number of nitrogens with one attached hydrogen (secondary N) is 2. The van der Waals surface area contributed by atoms with Crippen molar-refractivity contribution in [1.29, 1.82) is 0 Å². The van der Waals surface area contributed by atoms with E-state index < -0.39 is 29.9 Å². The number of carbonyl (C=O) groups excluding carboxylic acids is 2. The summed E-state index contributed by atoms with van der Waals surface area (Å²) in [5.41, 5.74) is 4.77. The number of carbonyl (C=O) groups is 3. The molecule has 0 fully saturated rings. The van der Waals surface area contributed by atoms with Crippen molar-refractivity contribution in [3.8, 4) is 28.3 Å². The van der Waals surface area contributed by atoms with E-state index in [-0.39, 0.29) is 29.2 Å². The predicted molar refractivity (Wildman–Crippen MR) is 212 cm³/mol. The van der Waals surface area contributed by atoms with Crippen LogP contribution in [0.3, 0.4) is 0 Å². The Morgan fingerprint density at radius 3 is 2.02 bits per heavy atom. The van der Waals surface area contributed by atoms with Gasteiger partial charge in [-0.05, 0) is 59.7 Å². The van der Waals surface area contributed by atoms with Gasteiger partial charge in [0.25, 0.3) is 5.91 Å². The molecule has 0 aliphatic heterocycles. The molecular weight excluding hydrogens is 695 g/mol. The van der Waals surface area contributed by atoms with Crippen LogP contribution in [0.4, 0.5) is 0 Å². The first-order valence-corrected chi connectivity index (χ1v) is 18.9. The number of nitrogens with zero attached hydrogens (tertiary/aromatic N) is 3. The molecule has 288 valence electrons. The smallest absolute Gasteiger partial charge is 0.332 e. The Hall–Kier alpha value is -5.84. The molecule has 2 aromatic heterocycles. The van der Waals surface area contributed by atoms with E-state index in [0.717, 1.165) is 40.0 Å². The van der Waals surface area contributed by atoms with Gasteiger partial charge < -0.3 is 24.9 Å². The highest BCUT2D eigenvalue weighted by atomic mass is 16.5. The van der Waals surface area contributed by atoms with E-state index in [0.29, 0.717) is 18.0 Å². The number of ether oxygens (including phenoxy) is 1. The summed E-state index contributed by atoms with van der Waals surface area (Å²) in [6.45, 7) is 12.3.